The number of thiocarbonyl (C=S) groups is 1. The van der Waals surface area contributed by atoms with Crippen molar-refractivity contribution < 1.29 is 0 Å². The van der Waals surface area contributed by atoms with Crippen LogP contribution in [0.1, 0.15) is 26.3 Å². The summed E-state index contributed by atoms with van der Waals surface area (Å²) >= 11 is 11.0. The maximum atomic E-state index is 5.96. The quantitative estimate of drug-likeness (QED) is 0.853. The van der Waals surface area contributed by atoms with Gasteiger partial charge in [-0.3, -0.25) is 0 Å². The monoisotopic (exact) mass is 270 g/mol. The highest BCUT2D eigenvalue weighted by molar-refractivity contribution is 7.80. The van der Waals surface area contributed by atoms with E-state index < -0.39 is 0 Å². The van der Waals surface area contributed by atoms with E-state index in [0.29, 0.717) is 10.0 Å². The lowest BCUT2D eigenvalue weighted by molar-refractivity contribution is 0.419. The normalized spacial score (nSPS) is 11.4. The van der Waals surface area contributed by atoms with E-state index in [4.69, 9.17) is 29.6 Å². The molecule has 0 spiro atoms. The molecule has 0 amide bonds. The zero-order chi connectivity index (χ0) is 13.2. The first kappa shape index (κ1) is 14.3. The van der Waals surface area contributed by atoms with E-state index in [-0.39, 0.29) is 5.41 Å². The molecule has 1 rings (SSSR count). The third-order valence-corrected chi connectivity index (χ3v) is 2.80. The van der Waals surface area contributed by atoms with Crippen molar-refractivity contribution in [3.63, 3.8) is 0 Å². The van der Waals surface area contributed by atoms with Crippen LogP contribution < -0.4 is 10.6 Å². The summed E-state index contributed by atoms with van der Waals surface area (Å²) in [7, 11) is 2.04. The average molecular weight is 271 g/mol. The SMILES string of the molecule is CN(CC(C)(C)C)c1ccc(Cl)cc1C(N)=S. The minimum Gasteiger partial charge on any atom is -0.389 e. The summed E-state index contributed by atoms with van der Waals surface area (Å²) in [4.78, 5) is 2.54. The molecule has 0 aliphatic rings. The van der Waals surface area contributed by atoms with Crippen molar-refractivity contribution in [2.45, 2.75) is 20.8 Å². The van der Waals surface area contributed by atoms with Crippen LogP contribution in [0.15, 0.2) is 18.2 Å². The van der Waals surface area contributed by atoms with Gasteiger partial charge < -0.3 is 10.6 Å². The fourth-order valence-corrected chi connectivity index (χ4v) is 2.17. The molecular formula is C13H19ClN2S. The Morgan fingerprint density at radius 1 is 1.41 bits per heavy atom. The molecular weight excluding hydrogens is 252 g/mol. The number of nitrogens with two attached hydrogens (primary N) is 1. The molecule has 0 aromatic heterocycles. The van der Waals surface area contributed by atoms with Crippen molar-refractivity contribution in [3.8, 4) is 0 Å². The first-order valence-electron chi connectivity index (χ1n) is 5.51. The van der Waals surface area contributed by atoms with Gasteiger partial charge in [0.15, 0.2) is 0 Å². The Bertz CT molecular complexity index is 424. The summed E-state index contributed by atoms with van der Waals surface area (Å²) in [6.07, 6.45) is 0. The van der Waals surface area contributed by atoms with Gasteiger partial charge in [0.2, 0.25) is 0 Å². The van der Waals surface area contributed by atoms with Gasteiger partial charge in [-0.1, -0.05) is 44.6 Å². The Balaban J connectivity index is 3.09. The average Bonchev–Trinajstić information content (AvgIpc) is 2.14. The van der Waals surface area contributed by atoms with Crippen LogP contribution in [0.2, 0.25) is 5.02 Å². The fourth-order valence-electron chi connectivity index (χ4n) is 1.84. The molecule has 1 aromatic rings. The van der Waals surface area contributed by atoms with Gasteiger partial charge in [-0.2, -0.15) is 0 Å². The van der Waals surface area contributed by atoms with Crippen molar-refractivity contribution in [1.29, 1.82) is 0 Å². The highest BCUT2D eigenvalue weighted by Crippen LogP contribution is 2.26. The van der Waals surface area contributed by atoms with Gasteiger partial charge in [0.05, 0.1) is 0 Å². The smallest absolute Gasteiger partial charge is 0.106 e. The Morgan fingerprint density at radius 3 is 2.47 bits per heavy atom. The maximum absolute atomic E-state index is 5.96. The topological polar surface area (TPSA) is 29.3 Å². The molecule has 2 nitrogen and oxygen atoms in total. The molecule has 1 aromatic carbocycles. The van der Waals surface area contributed by atoms with Crippen LogP contribution in [0.4, 0.5) is 5.69 Å². The summed E-state index contributed by atoms with van der Waals surface area (Å²) in [5.74, 6) is 0. The van der Waals surface area contributed by atoms with E-state index >= 15 is 0 Å². The van der Waals surface area contributed by atoms with Gasteiger partial charge >= 0.3 is 0 Å². The molecule has 0 unspecified atom stereocenters. The zero-order valence-corrected chi connectivity index (χ0v) is 12.3. The Morgan fingerprint density at radius 2 is 2.00 bits per heavy atom. The van der Waals surface area contributed by atoms with E-state index in [2.05, 4.69) is 25.7 Å². The van der Waals surface area contributed by atoms with Crippen molar-refractivity contribution in [1.82, 2.24) is 0 Å². The van der Waals surface area contributed by atoms with Crippen LogP contribution in [0, 0.1) is 5.41 Å². The van der Waals surface area contributed by atoms with Gasteiger partial charge in [0.1, 0.15) is 4.99 Å². The van der Waals surface area contributed by atoms with Gasteiger partial charge in [0.25, 0.3) is 0 Å². The highest BCUT2D eigenvalue weighted by atomic mass is 35.5. The van der Waals surface area contributed by atoms with Crippen LogP contribution >= 0.6 is 23.8 Å². The molecule has 17 heavy (non-hydrogen) atoms. The number of rotatable bonds is 3. The van der Waals surface area contributed by atoms with Crippen LogP contribution in [0.3, 0.4) is 0 Å². The Labute approximate surface area is 114 Å². The molecule has 94 valence electrons. The standard InChI is InChI=1S/C13H19ClN2S/c1-13(2,3)8-16(4)11-6-5-9(14)7-10(11)12(15)17/h5-7H,8H2,1-4H3,(H2,15,17). The third-order valence-electron chi connectivity index (χ3n) is 2.35. The molecule has 0 saturated carbocycles. The maximum Gasteiger partial charge on any atom is 0.106 e. The molecule has 0 saturated heterocycles. The summed E-state index contributed by atoms with van der Waals surface area (Å²) < 4.78 is 0. The number of hydrogen-bond acceptors (Lipinski definition) is 2. The molecule has 4 heteroatoms. The number of benzene rings is 1. The summed E-state index contributed by atoms with van der Waals surface area (Å²) in [6.45, 7) is 7.50. The second kappa shape index (κ2) is 5.23. The molecule has 2 N–H and O–H groups in total. The van der Waals surface area contributed by atoms with Crippen LogP contribution in [-0.4, -0.2) is 18.6 Å². The van der Waals surface area contributed by atoms with Crippen molar-refractivity contribution >= 4 is 34.5 Å². The lowest BCUT2D eigenvalue weighted by atomic mass is 9.95. The van der Waals surface area contributed by atoms with Gasteiger partial charge in [-0.05, 0) is 23.6 Å². The van der Waals surface area contributed by atoms with Crippen molar-refractivity contribution in [2.24, 2.45) is 11.1 Å². The number of anilines is 1. The largest absolute Gasteiger partial charge is 0.389 e. The zero-order valence-electron chi connectivity index (χ0n) is 10.7. The van der Waals surface area contributed by atoms with Crippen LogP contribution in [-0.2, 0) is 0 Å². The minimum atomic E-state index is 0.210. The van der Waals surface area contributed by atoms with Crippen molar-refractivity contribution in [3.05, 3.63) is 28.8 Å². The Kier molecular flexibility index (Phi) is 4.39. The number of halogens is 1. The molecule has 0 radical (unpaired) electrons. The predicted octanol–water partition coefficient (Wildman–Crippen LogP) is 3.46. The second-order valence-corrected chi connectivity index (χ2v) is 6.32. The van der Waals surface area contributed by atoms with Crippen LogP contribution in [0.25, 0.3) is 0 Å². The second-order valence-electron chi connectivity index (χ2n) is 5.44. The molecule has 0 aliphatic heterocycles. The van der Waals surface area contributed by atoms with E-state index in [9.17, 15) is 0 Å². The summed E-state index contributed by atoms with van der Waals surface area (Å²) in [5, 5.41) is 0.653. The first-order chi connectivity index (χ1) is 7.70. The molecule has 0 fully saturated rings. The lowest BCUT2D eigenvalue weighted by Crippen LogP contribution is -2.30. The molecule has 0 atom stereocenters. The van der Waals surface area contributed by atoms with Crippen LogP contribution in [0.5, 0.6) is 0 Å². The van der Waals surface area contributed by atoms with Gasteiger partial charge in [-0.25, -0.2) is 0 Å². The molecule has 0 bridgehead atoms. The lowest BCUT2D eigenvalue weighted by Gasteiger charge is -2.29. The van der Waals surface area contributed by atoms with Gasteiger partial charge in [0, 0.05) is 29.9 Å². The van der Waals surface area contributed by atoms with E-state index in [0.717, 1.165) is 17.8 Å². The van der Waals surface area contributed by atoms with Gasteiger partial charge in [-0.15, -0.1) is 0 Å². The van der Waals surface area contributed by atoms with E-state index in [1.54, 1.807) is 0 Å². The Hall–Kier alpha value is -0.800. The fraction of sp³-hybridized carbons (Fsp3) is 0.462. The predicted molar refractivity (Wildman–Crippen MR) is 80.1 cm³/mol. The first-order valence-corrected chi connectivity index (χ1v) is 6.30. The third kappa shape index (κ3) is 4.17. The number of hydrogen-bond donors (Lipinski definition) is 1. The number of nitrogens with zero attached hydrogens (tertiary/aromatic N) is 1. The minimum absolute atomic E-state index is 0.210. The van der Waals surface area contributed by atoms with E-state index in [1.807, 2.05) is 25.2 Å². The van der Waals surface area contributed by atoms with E-state index in [1.165, 1.54) is 0 Å². The molecule has 0 heterocycles. The molecule has 0 aliphatic carbocycles. The van der Waals surface area contributed by atoms with Crippen molar-refractivity contribution in [2.75, 3.05) is 18.5 Å². The summed E-state index contributed by atoms with van der Waals surface area (Å²) in [5.41, 5.74) is 7.80. The summed E-state index contributed by atoms with van der Waals surface area (Å²) in [6, 6.07) is 5.64. The highest BCUT2D eigenvalue weighted by Gasteiger charge is 2.17.